The number of carbonyl (C=O) groups is 1. The van der Waals surface area contributed by atoms with Gasteiger partial charge in [0, 0.05) is 10.4 Å². The maximum Gasteiger partial charge on any atom is 0.289 e. The first kappa shape index (κ1) is 13.3. The van der Waals surface area contributed by atoms with Crippen molar-refractivity contribution in [2.24, 2.45) is 5.73 Å². The second-order valence-corrected chi connectivity index (χ2v) is 4.71. The number of nitrogens with two attached hydrogens (primary N) is 1. The van der Waals surface area contributed by atoms with E-state index in [-0.39, 0.29) is 11.7 Å². The second-order valence-electron chi connectivity index (χ2n) is 3.71. The highest BCUT2D eigenvalue weighted by atomic mass is 32.1. The van der Waals surface area contributed by atoms with Crippen molar-refractivity contribution in [2.45, 2.75) is 13.5 Å². The molecule has 0 atom stereocenters. The first-order valence-corrected chi connectivity index (χ1v) is 6.54. The van der Waals surface area contributed by atoms with Crippen LogP contribution in [0, 0.1) is 18.8 Å². The smallest absolute Gasteiger partial charge is 0.289 e. The van der Waals surface area contributed by atoms with E-state index in [9.17, 15) is 4.79 Å². The van der Waals surface area contributed by atoms with E-state index in [2.05, 4.69) is 22.1 Å². The van der Waals surface area contributed by atoms with Crippen molar-refractivity contribution in [1.29, 1.82) is 0 Å². The summed E-state index contributed by atoms with van der Waals surface area (Å²) >= 11 is 1.54. The van der Waals surface area contributed by atoms with Crippen molar-refractivity contribution in [1.82, 2.24) is 10.3 Å². The summed E-state index contributed by atoms with van der Waals surface area (Å²) < 4.78 is 5.03. The zero-order valence-electron chi connectivity index (χ0n) is 10.4. The molecule has 6 heteroatoms. The van der Waals surface area contributed by atoms with Crippen molar-refractivity contribution < 1.29 is 9.21 Å². The molecule has 0 saturated heterocycles. The number of rotatable bonds is 3. The molecule has 1 amide bonds. The topological polar surface area (TPSA) is 81.2 Å². The molecule has 5 nitrogen and oxygen atoms in total. The average molecular weight is 275 g/mol. The standard InChI is InChI=1S/C13H13N3O2S/c1-9-12(18-8-16-9)13(17)15-7-11-10(3-2-5-14)4-6-19-11/h4,6,8H,5,7,14H2,1H3,(H,15,17). The number of amides is 1. The number of nitrogens with one attached hydrogen (secondary N) is 1. The highest BCUT2D eigenvalue weighted by Crippen LogP contribution is 2.15. The number of hydrogen-bond acceptors (Lipinski definition) is 5. The van der Waals surface area contributed by atoms with Crippen molar-refractivity contribution in [3.05, 3.63) is 39.7 Å². The van der Waals surface area contributed by atoms with Gasteiger partial charge in [0.1, 0.15) is 0 Å². The van der Waals surface area contributed by atoms with Crippen LogP contribution in [0.3, 0.4) is 0 Å². The molecule has 0 aliphatic carbocycles. The van der Waals surface area contributed by atoms with Gasteiger partial charge in [-0.1, -0.05) is 11.8 Å². The van der Waals surface area contributed by atoms with Crippen LogP contribution in [0.25, 0.3) is 0 Å². The van der Waals surface area contributed by atoms with Crippen molar-refractivity contribution in [3.8, 4) is 11.8 Å². The zero-order valence-corrected chi connectivity index (χ0v) is 11.2. The molecule has 3 N–H and O–H groups in total. The van der Waals surface area contributed by atoms with Gasteiger partial charge in [-0.3, -0.25) is 4.79 Å². The Hall–Kier alpha value is -2.10. The number of nitrogens with zero attached hydrogens (tertiary/aromatic N) is 1. The van der Waals surface area contributed by atoms with E-state index in [1.165, 1.54) is 17.7 Å². The lowest BCUT2D eigenvalue weighted by atomic mass is 10.2. The third-order valence-corrected chi connectivity index (χ3v) is 3.35. The third kappa shape index (κ3) is 3.22. The van der Waals surface area contributed by atoms with Crippen LogP contribution in [-0.2, 0) is 6.54 Å². The average Bonchev–Trinajstić information content (AvgIpc) is 3.02. The molecule has 0 aromatic carbocycles. The quantitative estimate of drug-likeness (QED) is 0.827. The monoisotopic (exact) mass is 275 g/mol. The molecule has 2 heterocycles. The van der Waals surface area contributed by atoms with E-state index in [4.69, 9.17) is 10.2 Å². The number of aryl methyl sites for hydroxylation is 1. The van der Waals surface area contributed by atoms with Gasteiger partial charge in [0.15, 0.2) is 6.39 Å². The van der Waals surface area contributed by atoms with Gasteiger partial charge < -0.3 is 15.5 Å². The summed E-state index contributed by atoms with van der Waals surface area (Å²) in [7, 11) is 0. The Bertz CT molecular complexity index is 634. The van der Waals surface area contributed by atoms with Gasteiger partial charge in [-0.15, -0.1) is 11.3 Å². The van der Waals surface area contributed by atoms with E-state index >= 15 is 0 Å². The summed E-state index contributed by atoms with van der Waals surface area (Å²) in [5.41, 5.74) is 6.81. The van der Waals surface area contributed by atoms with Gasteiger partial charge in [0.2, 0.25) is 5.76 Å². The molecule has 0 unspecified atom stereocenters. The predicted octanol–water partition coefficient (Wildman–Crippen LogP) is 1.28. The SMILES string of the molecule is Cc1ncoc1C(=O)NCc1sccc1C#CCN. The number of oxazole rings is 1. The van der Waals surface area contributed by atoms with Crippen LogP contribution in [0.1, 0.15) is 26.7 Å². The lowest BCUT2D eigenvalue weighted by Gasteiger charge is -2.02. The maximum atomic E-state index is 11.9. The van der Waals surface area contributed by atoms with Crippen LogP contribution in [0.2, 0.25) is 0 Å². The van der Waals surface area contributed by atoms with Crippen molar-refractivity contribution in [3.63, 3.8) is 0 Å². The third-order valence-electron chi connectivity index (χ3n) is 2.43. The highest BCUT2D eigenvalue weighted by Gasteiger charge is 2.14. The molecule has 2 aromatic heterocycles. The minimum absolute atomic E-state index is 0.242. The zero-order chi connectivity index (χ0) is 13.7. The van der Waals surface area contributed by atoms with Crippen LogP contribution >= 0.6 is 11.3 Å². The van der Waals surface area contributed by atoms with E-state index in [0.29, 0.717) is 18.8 Å². The molecule has 2 aromatic rings. The Morgan fingerprint density at radius 2 is 2.47 bits per heavy atom. The number of hydrogen-bond donors (Lipinski definition) is 2. The Kier molecular flexibility index (Phi) is 4.34. The van der Waals surface area contributed by atoms with Gasteiger partial charge in [0.25, 0.3) is 5.91 Å². The minimum atomic E-state index is -0.277. The van der Waals surface area contributed by atoms with Crippen LogP contribution in [-0.4, -0.2) is 17.4 Å². The maximum absolute atomic E-state index is 11.9. The van der Waals surface area contributed by atoms with Crippen LogP contribution in [0.5, 0.6) is 0 Å². The Morgan fingerprint density at radius 1 is 1.63 bits per heavy atom. The Labute approximate surface area is 114 Å². The number of aromatic nitrogens is 1. The molecule has 0 aliphatic heterocycles. The summed E-state index contributed by atoms with van der Waals surface area (Å²) in [4.78, 5) is 16.7. The molecule has 2 rings (SSSR count). The van der Waals surface area contributed by atoms with E-state index in [1.807, 2.05) is 11.4 Å². The molecule has 0 aliphatic rings. The van der Waals surface area contributed by atoms with E-state index < -0.39 is 0 Å². The van der Waals surface area contributed by atoms with Crippen molar-refractivity contribution in [2.75, 3.05) is 6.54 Å². The highest BCUT2D eigenvalue weighted by molar-refractivity contribution is 7.10. The molecule has 0 spiro atoms. The Morgan fingerprint density at radius 3 is 3.16 bits per heavy atom. The summed E-state index contributed by atoms with van der Waals surface area (Å²) in [6.07, 6.45) is 1.26. The molecule has 98 valence electrons. The minimum Gasteiger partial charge on any atom is -0.438 e. The first-order chi connectivity index (χ1) is 9.22. The molecular formula is C13H13N3O2S. The molecule has 0 fully saturated rings. The van der Waals surface area contributed by atoms with Gasteiger partial charge in [-0.05, 0) is 18.4 Å². The molecule has 0 radical (unpaired) electrons. The van der Waals surface area contributed by atoms with Crippen LogP contribution < -0.4 is 11.1 Å². The summed E-state index contributed by atoms with van der Waals surface area (Å²) in [5.74, 6) is 5.73. The van der Waals surface area contributed by atoms with Crippen molar-refractivity contribution >= 4 is 17.2 Å². The number of thiophene rings is 1. The molecule has 0 bridgehead atoms. The van der Waals surface area contributed by atoms with Gasteiger partial charge in [0.05, 0.1) is 18.8 Å². The largest absolute Gasteiger partial charge is 0.438 e. The summed E-state index contributed by atoms with van der Waals surface area (Å²) in [6, 6.07) is 1.91. The van der Waals surface area contributed by atoms with Gasteiger partial charge in [-0.25, -0.2) is 4.98 Å². The molecule has 0 saturated carbocycles. The first-order valence-electron chi connectivity index (χ1n) is 5.66. The van der Waals surface area contributed by atoms with Gasteiger partial charge in [-0.2, -0.15) is 0 Å². The molecule has 19 heavy (non-hydrogen) atoms. The second kappa shape index (κ2) is 6.18. The van der Waals surface area contributed by atoms with Crippen LogP contribution in [0.15, 0.2) is 22.3 Å². The normalized spacial score (nSPS) is 9.79. The lowest BCUT2D eigenvalue weighted by molar-refractivity contribution is 0.0922. The summed E-state index contributed by atoms with van der Waals surface area (Å²) in [6.45, 7) is 2.45. The van der Waals surface area contributed by atoms with E-state index in [1.54, 1.807) is 6.92 Å². The lowest BCUT2D eigenvalue weighted by Crippen LogP contribution is -2.22. The number of carbonyl (C=O) groups excluding carboxylic acids is 1. The fraction of sp³-hybridized carbons (Fsp3) is 0.231. The Balaban J connectivity index is 2.02. The van der Waals surface area contributed by atoms with E-state index in [0.717, 1.165) is 10.4 Å². The fourth-order valence-corrected chi connectivity index (χ4v) is 2.27. The fourth-order valence-electron chi connectivity index (χ4n) is 1.50. The van der Waals surface area contributed by atoms with Gasteiger partial charge >= 0.3 is 0 Å². The predicted molar refractivity (Wildman–Crippen MR) is 72.7 cm³/mol. The van der Waals surface area contributed by atoms with Crippen LogP contribution in [0.4, 0.5) is 0 Å². The molecular weight excluding hydrogens is 262 g/mol. The summed E-state index contributed by atoms with van der Waals surface area (Å²) in [5, 5.41) is 4.72.